The third kappa shape index (κ3) is 3.20. The molecule has 0 aliphatic carbocycles. The van der Waals surface area contributed by atoms with Crippen LogP contribution in [-0.2, 0) is 0 Å². The van der Waals surface area contributed by atoms with Gasteiger partial charge in [0, 0.05) is 23.9 Å². The average molecular weight is 249 g/mol. The monoisotopic (exact) mass is 249 g/mol. The highest BCUT2D eigenvalue weighted by Gasteiger charge is 2.14. The highest BCUT2D eigenvalue weighted by atomic mass is 16.6. The fourth-order valence-electron chi connectivity index (χ4n) is 2.28. The first-order chi connectivity index (χ1) is 8.66. The van der Waals surface area contributed by atoms with Gasteiger partial charge in [-0.15, -0.1) is 0 Å². The first kappa shape index (κ1) is 12.8. The number of nitrogens with one attached hydrogen (secondary N) is 2. The molecule has 18 heavy (non-hydrogen) atoms. The lowest BCUT2D eigenvalue weighted by Crippen LogP contribution is -2.33. The molecule has 2 N–H and O–H groups in total. The maximum atomic E-state index is 10.8. The number of rotatable bonds is 4. The normalized spacial score (nSPS) is 19.5. The molecule has 1 aliphatic heterocycles. The Kier molecular flexibility index (Phi) is 4.15. The van der Waals surface area contributed by atoms with E-state index in [1.807, 2.05) is 6.07 Å². The first-order valence-corrected chi connectivity index (χ1v) is 6.36. The highest BCUT2D eigenvalue weighted by Crippen LogP contribution is 2.22. The predicted octanol–water partition coefficient (Wildman–Crippen LogP) is 2.31. The van der Waals surface area contributed by atoms with Crippen LogP contribution in [0.3, 0.4) is 0 Å². The fraction of sp³-hybridized carbons (Fsp3) is 0.538. The molecule has 0 spiro atoms. The maximum absolute atomic E-state index is 10.8. The van der Waals surface area contributed by atoms with Crippen molar-refractivity contribution in [3.05, 3.63) is 33.9 Å². The number of nitro benzene ring substituents is 1. The molecule has 1 aromatic carbocycles. The summed E-state index contributed by atoms with van der Waals surface area (Å²) in [6.07, 6.45) is 2.42. The van der Waals surface area contributed by atoms with Crippen molar-refractivity contribution in [2.24, 2.45) is 5.92 Å². The second kappa shape index (κ2) is 5.82. The minimum absolute atomic E-state index is 0.182. The number of anilines is 1. The van der Waals surface area contributed by atoms with Crippen molar-refractivity contribution in [1.82, 2.24) is 5.32 Å². The average Bonchev–Trinajstić information content (AvgIpc) is 2.38. The Labute approximate surface area is 107 Å². The van der Waals surface area contributed by atoms with Crippen molar-refractivity contribution in [3.63, 3.8) is 0 Å². The van der Waals surface area contributed by atoms with Gasteiger partial charge in [0.25, 0.3) is 5.69 Å². The molecule has 1 saturated heterocycles. The summed E-state index contributed by atoms with van der Waals surface area (Å²) in [7, 11) is 0. The van der Waals surface area contributed by atoms with Crippen LogP contribution in [0.5, 0.6) is 0 Å². The summed E-state index contributed by atoms with van der Waals surface area (Å²) in [6, 6.07) is 5.31. The van der Waals surface area contributed by atoms with E-state index < -0.39 is 0 Å². The van der Waals surface area contributed by atoms with Gasteiger partial charge in [0.1, 0.15) is 0 Å². The standard InChI is InChI=1S/C13H19N3O2/c1-10-4-5-12(7-13(10)16(17)18)15-9-11-3-2-6-14-8-11/h4-5,7,11,14-15H,2-3,6,8-9H2,1H3. The Morgan fingerprint density at radius 3 is 3.06 bits per heavy atom. The third-order valence-electron chi connectivity index (χ3n) is 3.40. The molecule has 5 nitrogen and oxygen atoms in total. The number of aryl methyl sites for hydroxylation is 1. The molecular formula is C13H19N3O2. The molecule has 1 aliphatic rings. The molecule has 0 aromatic heterocycles. The minimum Gasteiger partial charge on any atom is -0.385 e. The molecule has 1 aromatic rings. The summed E-state index contributed by atoms with van der Waals surface area (Å²) < 4.78 is 0. The summed E-state index contributed by atoms with van der Waals surface area (Å²) in [5.41, 5.74) is 1.71. The van der Waals surface area contributed by atoms with Crippen LogP contribution >= 0.6 is 0 Å². The number of nitrogens with zero attached hydrogens (tertiary/aromatic N) is 1. The van der Waals surface area contributed by atoms with E-state index in [-0.39, 0.29) is 10.6 Å². The van der Waals surface area contributed by atoms with Gasteiger partial charge in [0.2, 0.25) is 0 Å². The van der Waals surface area contributed by atoms with Crippen molar-refractivity contribution in [3.8, 4) is 0 Å². The first-order valence-electron chi connectivity index (χ1n) is 6.36. The number of piperidine rings is 1. The lowest BCUT2D eigenvalue weighted by molar-refractivity contribution is -0.385. The Morgan fingerprint density at radius 1 is 1.56 bits per heavy atom. The van der Waals surface area contributed by atoms with Gasteiger partial charge in [-0.25, -0.2) is 0 Å². The highest BCUT2D eigenvalue weighted by molar-refractivity contribution is 5.54. The van der Waals surface area contributed by atoms with E-state index in [2.05, 4.69) is 10.6 Å². The summed E-state index contributed by atoms with van der Waals surface area (Å²) in [4.78, 5) is 10.5. The van der Waals surface area contributed by atoms with E-state index in [9.17, 15) is 10.1 Å². The fourth-order valence-corrected chi connectivity index (χ4v) is 2.28. The zero-order valence-corrected chi connectivity index (χ0v) is 10.6. The quantitative estimate of drug-likeness (QED) is 0.634. The minimum atomic E-state index is -0.331. The van der Waals surface area contributed by atoms with Crippen molar-refractivity contribution in [2.75, 3.05) is 25.0 Å². The van der Waals surface area contributed by atoms with E-state index in [1.165, 1.54) is 12.8 Å². The maximum Gasteiger partial charge on any atom is 0.274 e. The van der Waals surface area contributed by atoms with Crippen LogP contribution in [0, 0.1) is 23.0 Å². The third-order valence-corrected chi connectivity index (χ3v) is 3.40. The molecule has 1 fully saturated rings. The van der Waals surface area contributed by atoms with Crippen LogP contribution in [0.15, 0.2) is 18.2 Å². The topological polar surface area (TPSA) is 67.2 Å². The Morgan fingerprint density at radius 2 is 2.39 bits per heavy atom. The van der Waals surface area contributed by atoms with E-state index in [0.717, 1.165) is 25.3 Å². The van der Waals surface area contributed by atoms with Crippen molar-refractivity contribution < 1.29 is 4.92 Å². The van der Waals surface area contributed by atoms with E-state index >= 15 is 0 Å². The van der Waals surface area contributed by atoms with E-state index in [4.69, 9.17) is 0 Å². The van der Waals surface area contributed by atoms with Gasteiger partial charge in [-0.2, -0.15) is 0 Å². The molecule has 0 radical (unpaired) electrons. The van der Waals surface area contributed by atoms with Crippen molar-refractivity contribution >= 4 is 11.4 Å². The van der Waals surface area contributed by atoms with Crippen LogP contribution in [0.2, 0.25) is 0 Å². The summed E-state index contributed by atoms with van der Waals surface area (Å²) >= 11 is 0. The molecule has 1 unspecified atom stereocenters. The van der Waals surface area contributed by atoms with Gasteiger partial charge in [0.15, 0.2) is 0 Å². The molecule has 2 rings (SSSR count). The van der Waals surface area contributed by atoms with Gasteiger partial charge in [0.05, 0.1) is 4.92 Å². The molecule has 0 amide bonds. The van der Waals surface area contributed by atoms with Gasteiger partial charge < -0.3 is 10.6 Å². The molecular weight excluding hydrogens is 230 g/mol. The summed E-state index contributed by atoms with van der Waals surface area (Å²) in [5.74, 6) is 0.610. The van der Waals surface area contributed by atoms with Crippen molar-refractivity contribution in [1.29, 1.82) is 0 Å². The summed E-state index contributed by atoms with van der Waals surface area (Å²) in [6.45, 7) is 4.76. The van der Waals surface area contributed by atoms with E-state index in [0.29, 0.717) is 11.5 Å². The molecule has 98 valence electrons. The van der Waals surface area contributed by atoms with Crippen LogP contribution in [0.1, 0.15) is 18.4 Å². The zero-order chi connectivity index (χ0) is 13.0. The van der Waals surface area contributed by atoms with Gasteiger partial charge in [-0.1, -0.05) is 6.07 Å². The van der Waals surface area contributed by atoms with Crippen LogP contribution in [0.25, 0.3) is 0 Å². The SMILES string of the molecule is Cc1ccc(NCC2CCCNC2)cc1[N+](=O)[O-]. The molecule has 1 atom stereocenters. The van der Waals surface area contributed by atoms with Gasteiger partial charge in [-0.05, 0) is 44.8 Å². The van der Waals surface area contributed by atoms with E-state index in [1.54, 1.807) is 19.1 Å². The lowest BCUT2D eigenvalue weighted by Gasteiger charge is -2.23. The molecule has 5 heteroatoms. The smallest absolute Gasteiger partial charge is 0.274 e. The summed E-state index contributed by atoms with van der Waals surface area (Å²) in [5, 5.41) is 17.5. The Hall–Kier alpha value is -1.62. The molecule has 0 bridgehead atoms. The Bertz CT molecular complexity index is 428. The number of nitro groups is 1. The number of hydrogen-bond acceptors (Lipinski definition) is 4. The molecule has 0 saturated carbocycles. The van der Waals surface area contributed by atoms with Gasteiger partial charge in [-0.3, -0.25) is 10.1 Å². The zero-order valence-electron chi connectivity index (χ0n) is 10.6. The van der Waals surface area contributed by atoms with Crippen LogP contribution < -0.4 is 10.6 Å². The Balaban J connectivity index is 1.96. The largest absolute Gasteiger partial charge is 0.385 e. The lowest BCUT2D eigenvalue weighted by atomic mass is 9.99. The number of benzene rings is 1. The second-order valence-corrected chi connectivity index (χ2v) is 4.85. The van der Waals surface area contributed by atoms with Gasteiger partial charge >= 0.3 is 0 Å². The van der Waals surface area contributed by atoms with Crippen LogP contribution in [-0.4, -0.2) is 24.6 Å². The number of hydrogen-bond donors (Lipinski definition) is 2. The predicted molar refractivity (Wildman–Crippen MR) is 71.9 cm³/mol. The van der Waals surface area contributed by atoms with Crippen molar-refractivity contribution in [2.45, 2.75) is 19.8 Å². The molecule has 1 heterocycles. The van der Waals surface area contributed by atoms with Crippen LogP contribution in [0.4, 0.5) is 11.4 Å². The second-order valence-electron chi connectivity index (χ2n) is 4.85.